The molecular weight excluding hydrogens is 268 g/mol. The average molecular weight is 282 g/mol. The van der Waals surface area contributed by atoms with Crippen molar-refractivity contribution in [2.45, 2.75) is 36.0 Å². The van der Waals surface area contributed by atoms with E-state index in [1.165, 1.54) is 36.9 Å². The average Bonchev–Trinajstić information content (AvgIpc) is 2.91. The Labute approximate surface area is 114 Å². The van der Waals surface area contributed by atoms with E-state index >= 15 is 0 Å². The first kappa shape index (κ1) is 13.6. The maximum absolute atomic E-state index is 10.7. The molecule has 1 saturated carbocycles. The molecule has 102 valence electrons. The van der Waals surface area contributed by atoms with Gasteiger partial charge in [0.2, 0.25) is 0 Å². The zero-order valence-corrected chi connectivity index (χ0v) is 11.0. The van der Waals surface area contributed by atoms with E-state index < -0.39 is 4.92 Å². The highest BCUT2D eigenvalue weighted by Gasteiger charge is 2.21. The number of nitrogens with two attached hydrogens (primary N) is 1. The fourth-order valence-electron chi connectivity index (χ4n) is 2.04. The summed E-state index contributed by atoms with van der Waals surface area (Å²) in [4.78, 5) is 14.3. The minimum Gasteiger partial charge on any atom is -0.409 e. The van der Waals surface area contributed by atoms with Crippen molar-refractivity contribution in [1.82, 2.24) is 4.98 Å². The van der Waals surface area contributed by atoms with E-state index in [0.717, 1.165) is 12.8 Å². The van der Waals surface area contributed by atoms with Crippen LogP contribution >= 0.6 is 11.8 Å². The summed E-state index contributed by atoms with van der Waals surface area (Å²) in [5.41, 5.74) is 5.71. The molecule has 0 bridgehead atoms. The van der Waals surface area contributed by atoms with Gasteiger partial charge in [0, 0.05) is 11.3 Å². The smallest absolute Gasteiger partial charge is 0.288 e. The number of hydrogen-bond donors (Lipinski definition) is 2. The van der Waals surface area contributed by atoms with Gasteiger partial charge in [0.25, 0.3) is 5.69 Å². The molecule has 2 rings (SSSR count). The molecule has 1 aromatic heterocycles. The lowest BCUT2D eigenvalue weighted by molar-refractivity contribution is -0.385. The van der Waals surface area contributed by atoms with Crippen LogP contribution in [0.5, 0.6) is 0 Å². The summed E-state index contributed by atoms with van der Waals surface area (Å²) in [7, 11) is 0. The quantitative estimate of drug-likeness (QED) is 0.287. The summed E-state index contributed by atoms with van der Waals surface area (Å²) >= 11 is 1.54. The van der Waals surface area contributed by atoms with Gasteiger partial charge in [0.1, 0.15) is 11.2 Å². The molecule has 0 aliphatic heterocycles. The summed E-state index contributed by atoms with van der Waals surface area (Å²) < 4.78 is 0. The minimum atomic E-state index is -0.550. The van der Waals surface area contributed by atoms with Crippen LogP contribution in [0.4, 0.5) is 5.69 Å². The van der Waals surface area contributed by atoms with Gasteiger partial charge in [0.05, 0.1) is 10.5 Å². The summed E-state index contributed by atoms with van der Waals surface area (Å²) in [6.07, 6.45) is 5.76. The lowest BCUT2D eigenvalue weighted by Crippen LogP contribution is -2.16. The molecule has 0 unspecified atom stereocenters. The molecule has 3 N–H and O–H groups in total. The number of nitro groups is 1. The number of aromatic nitrogens is 1. The molecule has 1 aromatic rings. The van der Waals surface area contributed by atoms with Crippen molar-refractivity contribution < 1.29 is 10.1 Å². The van der Waals surface area contributed by atoms with Crippen LogP contribution in [0.1, 0.15) is 31.2 Å². The normalized spacial score (nSPS) is 16.7. The zero-order valence-electron chi connectivity index (χ0n) is 10.2. The highest BCUT2D eigenvalue weighted by molar-refractivity contribution is 7.99. The predicted molar refractivity (Wildman–Crippen MR) is 71.5 cm³/mol. The van der Waals surface area contributed by atoms with Crippen molar-refractivity contribution in [1.29, 1.82) is 0 Å². The Kier molecular flexibility index (Phi) is 4.20. The number of rotatable bonds is 4. The van der Waals surface area contributed by atoms with Crippen molar-refractivity contribution in [3.8, 4) is 0 Å². The molecule has 7 nitrogen and oxygen atoms in total. The largest absolute Gasteiger partial charge is 0.409 e. The molecule has 1 fully saturated rings. The Balaban J connectivity index is 2.32. The van der Waals surface area contributed by atoms with E-state index in [9.17, 15) is 10.1 Å². The molecule has 0 amide bonds. The third-order valence-electron chi connectivity index (χ3n) is 3.01. The third-order valence-corrected chi connectivity index (χ3v) is 4.37. The van der Waals surface area contributed by atoms with Gasteiger partial charge in [-0.3, -0.25) is 10.1 Å². The second-order valence-electron chi connectivity index (χ2n) is 4.31. The van der Waals surface area contributed by atoms with E-state index in [4.69, 9.17) is 10.9 Å². The molecule has 1 aliphatic carbocycles. The molecule has 19 heavy (non-hydrogen) atoms. The lowest BCUT2D eigenvalue weighted by Gasteiger charge is -2.11. The first-order chi connectivity index (χ1) is 9.11. The van der Waals surface area contributed by atoms with Gasteiger partial charge < -0.3 is 10.9 Å². The Morgan fingerprint density at radius 2 is 2.26 bits per heavy atom. The number of hydrogen-bond acceptors (Lipinski definition) is 6. The monoisotopic (exact) mass is 282 g/mol. The number of thioether (sulfide) groups is 1. The van der Waals surface area contributed by atoms with Crippen LogP contribution in [0, 0.1) is 10.1 Å². The summed E-state index contributed by atoms with van der Waals surface area (Å²) in [6.45, 7) is 0. The number of oxime groups is 1. The van der Waals surface area contributed by atoms with Crippen LogP contribution in [0.25, 0.3) is 0 Å². The van der Waals surface area contributed by atoms with E-state index in [2.05, 4.69) is 10.1 Å². The van der Waals surface area contributed by atoms with Crippen LogP contribution in [-0.4, -0.2) is 26.2 Å². The number of amidine groups is 1. The van der Waals surface area contributed by atoms with Gasteiger partial charge in [-0.2, -0.15) is 0 Å². The third kappa shape index (κ3) is 3.14. The minimum absolute atomic E-state index is 0.156. The van der Waals surface area contributed by atoms with E-state index in [-0.39, 0.29) is 11.5 Å². The van der Waals surface area contributed by atoms with Crippen LogP contribution < -0.4 is 5.73 Å². The summed E-state index contributed by atoms with van der Waals surface area (Å²) in [6, 6.07) is 1.29. The zero-order chi connectivity index (χ0) is 13.8. The van der Waals surface area contributed by atoms with Crippen molar-refractivity contribution in [2.24, 2.45) is 10.9 Å². The second kappa shape index (κ2) is 5.87. The van der Waals surface area contributed by atoms with Crippen molar-refractivity contribution in [3.05, 3.63) is 27.9 Å². The number of pyridine rings is 1. The highest BCUT2D eigenvalue weighted by Crippen LogP contribution is 2.35. The summed E-state index contributed by atoms with van der Waals surface area (Å²) in [5, 5.41) is 23.4. The van der Waals surface area contributed by atoms with Crippen LogP contribution in [0.15, 0.2) is 22.4 Å². The van der Waals surface area contributed by atoms with Gasteiger partial charge in [0.15, 0.2) is 5.84 Å². The van der Waals surface area contributed by atoms with Gasteiger partial charge in [-0.05, 0) is 12.8 Å². The molecule has 0 aromatic carbocycles. The molecule has 8 heteroatoms. The molecule has 0 spiro atoms. The predicted octanol–water partition coefficient (Wildman–Crippen LogP) is 2.12. The van der Waals surface area contributed by atoms with Crippen molar-refractivity contribution >= 4 is 23.3 Å². The lowest BCUT2D eigenvalue weighted by atomic mass is 10.2. The summed E-state index contributed by atoms with van der Waals surface area (Å²) in [5.74, 6) is -0.156. The molecule has 1 aliphatic rings. The fraction of sp³-hybridized carbons (Fsp3) is 0.455. The first-order valence-corrected chi connectivity index (χ1v) is 6.78. The topological polar surface area (TPSA) is 115 Å². The maximum atomic E-state index is 10.7. The molecule has 1 heterocycles. The van der Waals surface area contributed by atoms with Gasteiger partial charge in [-0.25, -0.2) is 4.98 Å². The van der Waals surface area contributed by atoms with Crippen LogP contribution in [0.3, 0.4) is 0 Å². The van der Waals surface area contributed by atoms with Crippen molar-refractivity contribution in [3.63, 3.8) is 0 Å². The maximum Gasteiger partial charge on any atom is 0.288 e. The Morgan fingerprint density at radius 3 is 2.84 bits per heavy atom. The fourth-order valence-corrected chi connectivity index (χ4v) is 3.33. The van der Waals surface area contributed by atoms with Crippen molar-refractivity contribution in [2.75, 3.05) is 0 Å². The standard InChI is InChI=1S/C11H14N4O3S/c12-10(14-16)9-5-7(15(17)18)6-13-11(9)19-8-3-1-2-4-8/h5-6,8,16H,1-4H2,(H2,12,14). The van der Waals surface area contributed by atoms with Gasteiger partial charge in [-0.1, -0.05) is 18.0 Å². The Morgan fingerprint density at radius 1 is 1.58 bits per heavy atom. The van der Waals surface area contributed by atoms with Crippen LogP contribution in [-0.2, 0) is 0 Å². The van der Waals surface area contributed by atoms with Gasteiger partial charge in [-0.15, -0.1) is 11.8 Å². The van der Waals surface area contributed by atoms with E-state index in [1.54, 1.807) is 0 Å². The Hall–Kier alpha value is -1.83. The van der Waals surface area contributed by atoms with Gasteiger partial charge >= 0.3 is 0 Å². The highest BCUT2D eigenvalue weighted by atomic mass is 32.2. The van der Waals surface area contributed by atoms with E-state index in [0.29, 0.717) is 15.8 Å². The first-order valence-electron chi connectivity index (χ1n) is 5.91. The number of nitrogens with zero attached hydrogens (tertiary/aromatic N) is 3. The molecule has 0 atom stereocenters. The Bertz CT molecular complexity index is 515. The van der Waals surface area contributed by atoms with E-state index in [1.807, 2.05) is 0 Å². The molecular formula is C11H14N4O3S. The second-order valence-corrected chi connectivity index (χ2v) is 5.60. The molecule has 0 radical (unpaired) electrons. The van der Waals surface area contributed by atoms with Crippen LogP contribution in [0.2, 0.25) is 0 Å². The molecule has 0 saturated heterocycles. The SMILES string of the molecule is NC(=NO)c1cc([N+](=O)[O-])cnc1SC1CCCC1.